The fraction of sp³-hybridized carbons (Fsp3) is 0.286. The highest BCUT2D eigenvalue weighted by atomic mass is 16.7. The maximum absolute atomic E-state index is 11.7. The molecule has 2 rings (SSSR count). The number of benzene rings is 1. The van der Waals surface area contributed by atoms with Crippen LogP contribution in [0.3, 0.4) is 0 Å². The molecule has 0 fully saturated rings. The van der Waals surface area contributed by atoms with Crippen LogP contribution >= 0.6 is 0 Å². The minimum Gasteiger partial charge on any atom is -0.466 e. The Labute approximate surface area is 130 Å². The largest absolute Gasteiger partial charge is 0.466 e. The van der Waals surface area contributed by atoms with E-state index in [9.17, 15) is 19.7 Å². The summed E-state index contributed by atoms with van der Waals surface area (Å²) in [4.78, 5) is 33.7. The van der Waals surface area contributed by atoms with Crippen LogP contribution in [0, 0.1) is 10.1 Å². The average Bonchev–Trinajstić information content (AvgIpc) is 2.98. The van der Waals surface area contributed by atoms with Crippen molar-refractivity contribution in [3.63, 3.8) is 0 Å². The zero-order valence-electron chi connectivity index (χ0n) is 12.4. The van der Waals surface area contributed by atoms with Crippen LogP contribution in [-0.2, 0) is 19.1 Å². The zero-order chi connectivity index (χ0) is 17.1. The Morgan fingerprint density at radius 2 is 2.09 bits per heavy atom. The van der Waals surface area contributed by atoms with Crippen molar-refractivity contribution in [2.45, 2.75) is 13.0 Å². The Bertz CT molecular complexity index is 696. The molecule has 0 spiro atoms. The highest BCUT2D eigenvalue weighted by Crippen LogP contribution is 2.46. The summed E-state index contributed by atoms with van der Waals surface area (Å²) in [5, 5.41) is 11.4. The molecule has 23 heavy (non-hydrogen) atoms. The van der Waals surface area contributed by atoms with Gasteiger partial charge in [-0.25, -0.2) is 4.79 Å². The number of fused-ring (bicyclic) bond motifs is 1. The van der Waals surface area contributed by atoms with Gasteiger partial charge in [-0.2, -0.15) is 0 Å². The molecule has 0 saturated carbocycles. The van der Waals surface area contributed by atoms with E-state index in [0.29, 0.717) is 0 Å². The average molecular weight is 323 g/mol. The fourth-order valence-electron chi connectivity index (χ4n) is 2.10. The first-order valence-corrected chi connectivity index (χ1v) is 6.38. The summed E-state index contributed by atoms with van der Waals surface area (Å²) in [5.41, 5.74) is -0.786. The van der Waals surface area contributed by atoms with Crippen LogP contribution in [0.4, 0.5) is 5.69 Å². The third-order valence-electron chi connectivity index (χ3n) is 3.06. The molecule has 1 aromatic rings. The Morgan fingerprint density at radius 1 is 1.39 bits per heavy atom. The van der Waals surface area contributed by atoms with Gasteiger partial charge in [-0.1, -0.05) is 6.58 Å². The first-order chi connectivity index (χ1) is 10.9. The van der Waals surface area contributed by atoms with Gasteiger partial charge in [0.25, 0.3) is 0 Å². The standard InChI is InChI=1S/C14H13NO8/c1-7(14(17)20-3)12(23-8(2)16)9-4-5-10-13(22-6-21-10)11(9)15(18)19/h4-5,12H,1,6H2,2-3H3. The van der Waals surface area contributed by atoms with Gasteiger partial charge < -0.3 is 18.9 Å². The van der Waals surface area contributed by atoms with E-state index in [0.717, 1.165) is 14.0 Å². The highest BCUT2D eigenvalue weighted by molar-refractivity contribution is 5.90. The first kappa shape index (κ1) is 16.3. The molecule has 1 aromatic carbocycles. The van der Waals surface area contributed by atoms with E-state index in [1.165, 1.54) is 12.1 Å². The van der Waals surface area contributed by atoms with Gasteiger partial charge in [0.05, 0.1) is 23.2 Å². The van der Waals surface area contributed by atoms with Crippen molar-refractivity contribution in [1.82, 2.24) is 0 Å². The molecule has 1 aliphatic heterocycles. The monoisotopic (exact) mass is 323 g/mol. The molecule has 0 amide bonds. The summed E-state index contributed by atoms with van der Waals surface area (Å²) >= 11 is 0. The first-order valence-electron chi connectivity index (χ1n) is 6.38. The Balaban J connectivity index is 2.59. The molecule has 9 nitrogen and oxygen atoms in total. The number of esters is 2. The smallest absolute Gasteiger partial charge is 0.337 e. The van der Waals surface area contributed by atoms with Crippen LogP contribution in [0.15, 0.2) is 24.3 Å². The van der Waals surface area contributed by atoms with E-state index in [2.05, 4.69) is 11.3 Å². The number of rotatable bonds is 5. The Kier molecular flexibility index (Phi) is 4.49. The van der Waals surface area contributed by atoms with Crippen LogP contribution in [0.2, 0.25) is 0 Å². The molecule has 0 saturated heterocycles. The normalized spacial score (nSPS) is 13.1. The molecule has 122 valence electrons. The summed E-state index contributed by atoms with van der Waals surface area (Å²) in [6, 6.07) is 2.74. The molecule has 1 heterocycles. The number of hydrogen-bond acceptors (Lipinski definition) is 8. The van der Waals surface area contributed by atoms with Gasteiger partial charge in [0, 0.05) is 6.92 Å². The van der Waals surface area contributed by atoms with E-state index >= 15 is 0 Å². The molecule has 1 aliphatic rings. The van der Waals surface area contributed by atoms with Crippen molar-refractivity contribution in [3.05, 3.63) is 40.0 Å². The van der Waals surface area contributed by atoms with Gasteiger partial charge in [-0.05, 0) is 12.1 Å². The third kappa shape index (κ3) is 3.07. The molecule has 1 unspecified atom stereocenters. The van der Waals surface area contributed by atoms with Gasteiger partial charge in [0.1, 0.15) is 0 Å². The van der Waals surface area contributed by atoms with Crippen molar-refractivity contribution >= 4 is 17.6 Å². The zero-order valence-corrected chi connectivity index (χ0v) is 12.4. The lowest BCUT2D eigenvalue weighted by Gasteiger charge is -2.18. The lowest BCUT2D eigenvalue weighted by Crippen LogP contribution is -2.18. The third-order valence-corrected chi connectivity index (χ3v) is 3.06. The van der Waals surface area contributed by atoms with Crippen molar-refractivity contribution in [3.8, 4) is 11.5 Å². The van der Waals surface area contributed by atoms with E-state index < -0.39 is 28.7 Å². The van der Waals surface area contributed by atoms with Gasteiger partial charge in [0.15, 0.2) is 11.9 Å². The highest BCUT2D eigenvalue weighted by Gasteiger charge is 2.36. The van der Waals surface area contributed by atoms with Gasteiger partial charge >= 0.3 is 17.6 Å². The predicted molar refractivity (Wildman–Crippen MR) is 74.9 cm³/mol. The second-order valence-electron chi connectivity index (χ2n) is 4.50. The maximum Gasteiger partial charge on any atom is 0.337 e. The predicted octanol–water partition coefficient (Wildman–Crippen LogP) is 1.66. The van der Waals surface area contributed by atoms with E-state index in [4.69, 9.17) is 14.2 Å². The summed E-state index contributed by atoms with van der Waals surface area (Å²) in [6.07, 6.45) is -1.38. The molecule has 0 N–H and O–H groups in total. The van der Waals surface area contributed by atoms with Gasteiger partial charge in [-0.3, -0.25) is 14.9 Å². The second-order valence-corrected chi connectivity index (χ2v) is 4.50. The quantitative estimate of drug-likeness (QED) is 0.348. The number of ether oxygens (including phenoxy) is 4. The number of nitro benzene ring substituents is 1. The van der Waals surface area contributed by atoms with Crippen LogP contribution in [0.1, 0.15) is 18.6 Å². The van der Waals surface area contributed by atoms with Crippen molar-refractivity contribution in [1.29, 1.82) is 0 Å². The number of nitro groups is 1. The number of carbonyl (C=O) groups is 2. The molecular weight excluding hydrogens is 310 g/mol. The molecule has 0 bridgehead atoms. The second kappa shape index (κ2) is 6.34. The number of methoxy groups -OCH3 is 1. The molecule has 0 radical (unpaired) electrons. The van der Waals surface area contributed by atoms with Crippen LogP contribution < -0.4 is 9.47 Å². The van der Waals surface area contributed by atoms with E-state index in [1.54, 1.807) is 0 Å². The van der Waals surface area contributed by atoms with Crippen LogP contribution in [0.25, 0.3) is 0 Å². The summed E-state index contributed by atoms with van der Waals surface area (Å²) < 4.78 is 19.8. The summed E-state index contributed by atoms with van der Waals surface area (Å²) in [5.74, 6) is -1.51. The van der Waals surface area contributed by atoms with Crippen molar-refractivity contribution in [2.24, 2.45) is 0 Å². The lowest BCUT2D eigenvalue weighted by molar-refractivity contribution is -0.386. The molecule has 0 aromatic heterocycles. The van der Waals surface area contributed by atoms with Crippen molar-refractivity contribution in [2.75, 3.05) is 13.9 Å². The SMILES string of the molecule is C=C(C(=O)OC)C(OC(C)=O)c1ccc2c(c1[N+](=O)[O-])OCO2. The van der Waals surface area contributed by atoms with Crippen LogP contribution in [-0.4, -0.2) is 30.8 Å². The van der Waals surface area contributed by atoms with Gasteiger partial charge in [0.2, 0.25) is 12.5 Å². The number of hydrogen-bond donors (Lipinski definition) is 0. The minimum absolute atomic E-state index is 0.0650. The molecule has 1 atom stereocenters. The number of nitrogens with zero attached hydrogens (tertiary/aromatic N) is 1. The maximum atomic E-state index is 11.7. The van der Waals surface area contributed by atoms with E-state index in [-0.39, 0.29) is 29.4 Å². The Hall–Kier alpha value is -3.10. The van der Waals surface area contributed by atoms with Crippen molar-refractivity contribution < 1.29 is 33.5 Å². The molecular formula is C14H13NO8. The van der Waals surface area contributed by atoms with Crippen LogP contribution in [0.5, 0.6) is 11.5 Å². The summed E-state index contributed by atoms with van der Waals surface area (Å²) in [6.45, 7) is 4.44. The number of carbonyl (C=O) groups excluding carboxylic acids is 2. The molecule has 9 heteroatoms. The minimum atomic E-state index is -1.38. The summed E-state index contributed by atoms with van der Waals surface area (Å²) in [7, 11) is 1.12. The Morgan fingerprint density at radius 3 is 2.65 bits per heavy atom. The molecule has 0 aliphatic carbocycles. The van der Waals surface area contributed by atoms with Gasteiger partial charge in [-0.15, -0.1) is 0 Å². The fourth-order valence-corrected chi connectivity index (χ4v) is 2.10. The lowest BCUT2D eigenvalue weighted by atomic mass is 10.00. The topological polar surface area (TPSA) is 114 Å². The van der Waals surface area contributed by atoms with E-state index in [1.807, 2.05) is 0 Å².